The number of nitrogens with two attached hydrogens (primary N) is 1. The van der Waals surface area contributed by atoms with Crippen LogP contribution in [-0.2, 0) is 22.4 Å². The summed E-state index contributed by atoms with van der Waals surface area (Å²) in [5.74, 6) is -0.223. The van der Waals surface area contributed by atoms with Crippen molar-refractivity contribution < 1.29 is 14.3 Å². The monoisotopic (exact) mass is 384 g/mol. The third-order valence-corrected chi connectivity index (χ3v) is 6.29. The average molecular weight is 384 g/mol. The van der Waals surface area contributed by atoms with Crippen LogP contribution in [-0.4, -0.2) is 48.4 Å². The zero-order valence-corrected chi connectivity index (χ0v) is 15.7. The van der Waals surface area contributed by atoms with Crippen molar-refractivity contribution in [1.29, 1.82) is 0 Å². The molecule has 2 unspecified atom stereocenters. The van der Waals surface area contributed by atoms with Gasteiger partial charge in [-0.05, 0) is 30.8 Å². The van der Waals surface area contributed by atoms with E-state index in [2.05, 4.69) is 23.3 Å². The first-order valence-electron chi connectivity index (χ1n) is 8.92. The number of nitrogen functional groups attached to an aromatic ring is 1. The van der Waals surface area contributed by atoms with E-state index < -0.39 is 0 Å². The molecule has 0 saturated carbocycles. The number of ether oxygens (including phenoxy) is 2. The molecule has 1 saturated heterocycles. The van der Waals surface area contributed by atoms with Gasteiger partial charge in [-0.1, -0.05) is 6.08 Å². The number of fused-ring (bicyclic) bond motifs is 3. The minimum atomic E-state index is -0.223. The maximum atomic E-state index is 12.8. The highest BCUT2D eigenvalue weighted by atomic mass is 32.1. The van der Waals surface area contributed by atoms with Gasteiger partial charge in [-0.25, -0.2) is 4.98 Å². The Morgan fingerprint density at radius 1 is 1.41 bits per heavy atom. The Balaban J connectivity index is 1.43. The van der Waals surface area contributed by atoms with Crippen LogP contribution in [0.1, 0.15) is 20.9 Å². The summed E-state index contributed by atoms with van der Waals surface area (Å²) in [5, 5.41) is 3.78. The summed E-state index contributed by atoms with van der Waals surface area (Å²) in [5.41, 5.74) is 9.80. The molecule has 8 heteroatoms. The van der Waals surface area contributed by atoms with Crippen LogP contribution in [0.4, 0.5) is 5.69 Å². The molecule has 1 aliphatic carbocycles. The summed E-state index contributed by atoms with van der Waals surface area (Å²) >= 11 is 1.34. The van der Waals surface area contributed by atoms with E-state index in [1.807, 2.05) is 18.2 Å². The number of anilines is 1. The molecule has 0 radical (unpaired) electrons. The largest absolute Gasteiger partial charge is 0.397 e. The van der Waals surface area contributed by atoms with Crippen molar-refractivity contribution in [2.24, 2.45) is 0 Å². The van der Waals surface area contributed by atoms with Crippen molar-refractivity contribution in [3.63, 3.8) is 0 Å². The Morgan fingerprint density at radius 2 is 2.26 bits per heavy atom. The van der Waals surface area contributed by atoms with Gasteiger partial charge in [0.2, 0.25) is 0 Å². The van der Waals surface area contributed by atoms with Gasteiger partial charge in [0.1, 0.15) is 28.7 Å². The fraction of sp³-hybridized carbons (Fsp3) is 0.368. The molecule has 3 aliphatic rings. The number of aromatic nitrogens is 1. The number of likely N-dealkylation sites (N-methyl/N-ethyl adjacent to an activating group) is 1. The minimum Gasteiger partial charge on any atom is -0.397 e. The normalized spacial score (nSPS) is 24.6. The molecule has 1 fully saturated rings. The number of amides is 1. The molecule has 0 aromatic carbocycles. The summed E-state index contributed by atoms with van der Waals surface area (Å²) in [7, 11) is 2.10. The van der Waals surface area contributed by atoms with Gasteiger partial charge in [0.15, 0.2) is 0 Å². The van der Waals surface area contributed by atoms with Gasteiger partial charge in [0.05, 0.1) is 5.69 Å². The van der Waals surface area contributed by atoms with Crippen molar-refractivity contribution in [1.82, 2.24) is 15.2 Å². The molecule has 2 atom stereocenters. The number of carbonyl (C=O) groups excluding carboxylic acids is 1. The van der Waals surface area contributed by atoms with Crippen molar-refractivity contribution in [3.8, 4) is 0 Å². The van der Waals surface area contributed by atoms with Gasteiger partial charge < -0.3 is 25.4 Å². The lowest BCUT2D eigenvalue weighted by atomic mass is 10.0. The molecule has 2 aromatic heterocycles. The third-order valence-electron chi connectivity index (χ3n) is 5.18. The molecule has 0 bridgehead atoms. The number of nitrogens with one attached hydrogen (secondary N) is 1. The van der Waals surface area contributed by atoms with Crippen molar-refractivity contribution >= 4 is 33.1 Å². The molecule has 0 spiro atoms. The lowest BCUT2D eigenvalue weighted by Gasteiger charge is -2.24. The number of hydrogen-bond acceptors (Lipinski definition) is 7. The lowest BCUT2D eigenvalue weighted by Crippen LogP contribution is -2.28. The lowest BCUT2D eigenvalue weighted by molar-refractivity contribution is 0.0503. The number of carbonyl (C=O) groups is 1. The smallest absolute Gasteiger partial charge is 0.267 e. The van der Waals surface area contributed by atoms with E-state index in [-0.39, 0.29) is 24.9 Å². The molecule has 5 rings (SSSR count). The van der Waals surface area contributed by atoms with Gasteiger partial charge in [0, 0.05) is 36.3 Å². The SMILES string of the molecule is CN1CCc2nc3sc(C(=O)NC4=CC5OCOC5C=C4)c(N)c3cc2C1. The highest BCUT2D eigenvalue weighted by Gasteiger charge is 2.29. The van der Waals surface area contributed by atoms with E-state index >= 15 is 0 Å². The molecule has 27 heavy (non-hydrogen) atoms. The van der Waals surface area contributed by atoms with Crippen molar-refractivity contribution in [3.05, 3.63) is 46.1 Å². The molecule has 1 amide bonds. The predicted molar refractivity (Wildman–Crippen MR) is 103 cm³/mol. The van der Waals surface area contributed by atoms with Gasteiger partial charge in [-0.15, -0.1) is 11.3 Å². The summed E-state index contributed by atoms with van der Waals surface area (Å²) in [6, 6.07) is 2.09. The highest BCUT2D eigenvalue weighted by molar-refractivity contribution is 7.21. The maximum Gasteiger partial charge on any atom is 0.267 e. The van der Waals surface area contributed by atoms with Crippen LogP contribution in [0.3, 0.4) is 0 Å². The second kappa shape index (κ2) is 6.42. The quantitative estimate of drug-likeness (QED) is 0.821. The number of nitrogens with zero attached hydrogens (tertiary/aromatic N) is 2. The number of allylic oxidation sites excluding steroid dienone is 1. The number of rotatable bonds is 2. The zero-order valence-electron chi connectivity index (χ0n) is 14.9. The van der Waals surface area contributed by atoms with E-state index in [1.54, 1.807) is 0 Å². The Morgan fingerprint density at radius 3 is 3.15 bits per heavy atom. The van der Waals surface area contributed by atoms with Gasteiger partial charge in [-0.3, -0.25) is 4.79 Å². The summed E-state index contributed by atoms with van der Waals surface area (Å²) in [6.45, 7) is 2.12. The van der Waals surface area contributed by atoms with Gasteiger partial charge in [0.25, 0.3) is 5.91 Å². The molecule has 140 valence electrons. The number of pyridine rings is 1. The van der Waals surface area contributed by atoms with Crippen molar-refractivity contribution in [2.75, 3.05) is 26.1 Å². The van der Waals surface area contributed by atoms with Crippen LogP contribution in [0.15, 0.2) is 30.0 Å². The van der Waals surface area contributed by atoms with Crippen LogP contribution in [0.2, 0.25) is 0 Å². The van der Waals surface area contributed by atoms with Crippen LogP contribution >= 0.6 is 11.3 Å². The minimum absolute atomic E-state index is 0.0753. The summed E-state index contributed by atoms with van der Waals surface area (Å²) in [6.07, 6.45) is 6.29. The van der Waals surface area contributed by atoms with Crippen LogP contribution in [0.5, 0.6) is 0 Å². The Kier molecular flexibility index (Phi) is 4.01. The fourth-order valence-electron chi connectivity index (χ4n) is 3.70. The summed E-state index contributed by atoms with van der Waals surface area (Å²) < 4.78 is 10.9. The number of thiophene rings is 1. The second-order valence-electron chi connectivity index (χ2n) is 7.10. The molecular weight excluding hydrogens is 364 g/mol. The number of hydrogen-bond donors (Lipinski definition) is 2. The van der Waals surface area contributed by atoms with E-state index in [9.17, 15) is 4.79 Å². The Hall–Kier alpha value is -2.26. The molecular formula is C19H20N4O3S. The van der Waals surface area contributed by atoms with Crippen LogP contribution in [0.25, 0.3) is 10.2 Å². The van der Waals surface area contributed by atoms with Gasteiger partial charge >= 0.3 is 0 Å². The second-order valence-corrected chi connectivity index (χ2v) is 8.09. The first kappa shape index (κ1) is 16.9. The third kappa shape index (κ3) is 2.94. The van der Waals surface area contributed by atoms with E-state index in [1.165, 1.54) is 16.9 Å². The predicted octanol–water partition coefficient (Wildman–Crippen LogP) is 1.79. The standard InChI is InChI=1S/C19H20N4O3S/c1-23-5-4-13-10(8-23)6-12-16(20)17(27-19(12)22-13)18(24)21-11-2-3-14-15(7-11)26-9-25-14/h2-3,6-7,14-15H,4-5,8-9,20H2,1H3,(H,21,24). The highest BCUT2D eigenvalue weighted by Crippen LogP contribution is 2.35. The van der Waals surface area contributed by atoms with E-state index in [0.29, 0.717) is 16.3 Å². The van der Waals surface area contributed by atoms with Crippen LogP contribution in [0, 0.1) is 0 Å². The zero-order chi connectivity index (χ0) is 18.5. The maximum absolute atomic E-state index is 12.8. The van der Waals surface area contributed by atoms with Crippen molar-refractivity contribution in [2.45, 2.75) is 25.2 Å². The first-order valence-corrected chi connectivity index (χ1v) is 9.74. The average Bonchev–Trinajstić information content (AvgIpc) is 3.24. The van der Waals surface area contributed by atoms with Crippen LogP contribution < -0.4 is 11.1 Å². The van der Waals surface area contributed by atoms with E-state index in [4.69, 9.17) is 20.2 Å². The van der Waals surface area contributed by atoms with Gasteiger partial charge in [-0.2, -0.15) is 0 Å². The topological polar surface area (TPSA) is 89.7 Å². The molecule has 2 aliphatic heterocycles. The molecule has 7 nitrogen and oxygen atoms in total. The van der Waals surface area contributed by atoms with E-state index in [0.717, 1.165) is 35.4 Å². The summed E-state index contributed by atoms with van der Waals surface area (Å²) in [4.78, 5) is 21.2. The molecule has 2 aromatic rings. The Bertz CT molecular complexity index is 996. The molecule has 3 N–H and O–H groups in total. The first-order chi connectivity index (χ1) is 13.1. The molecule has 4 heterocycles. The fourth-order valence-corrected chi connectivity index (χ4v) is 4.70. The Labute approximate surface area is 160 Å².